The first-order chi connectivity index (χ1) is 11.1. The number of nitrogens with zero attached hydrogens (tertiary/aromatic N) is 2. The molecular weight excluding hydrogens is 300 g/mol. The molecule has 0 aliphatic rings. The number of rotatable bonds is 7. The Hall–Kier alpha value is -2.58. The second kappa shape index (κ2) is 7.61. The minimum atomic E-state index is -0.708. The lowest BCUT2D eigenvalue weighted by atomic mass is 10.2. The number of benzene rings is 1. The predicted octanol–water partition coefficient (Wildman–Crippen LogP) is 0.651. The van der Waals surface area contributed by atoms with Crippen LogP contribution in [0, 0.1) is 12.8 Å². The maximum absolute atomic E-state index is 11.2. The van der Waals surface area contributed by atoms with Crippen LogP contribution in [0.1, 0.15) is 5.56 Å². The zero-order chi connectivity index (χ0) is 16.8. The predicted molar refractivity (Wildman–Crippen MR) is 84.7 cm³/mol. The summed E-state index contributed by atoms with van der Waals surface area (Å²) in [6.07, 6.45) is 0. The van der Waals surface area contributed by atoms with Crippen molar-refractivity contribution in [1.82, 2.24) is 9.78 Å². The van der Waals surface area contributed by atoms with Gasteiger partial charge in [-0.2, -0.15) is 0 Å². The summed E-state index contributed by atoms with van der Waals surface area (Å²) in [7, 11) is 0. The summed E-state index contributed by atoms with van der Waals surface area (Å²) in [5.41, 5.74) is 6.55. The molecule has 1 aromatic heterocycles. The Morgan fingerprint density at radius 2 is 2.00 bits per heavy atom. The maximum atomic E-state index is 11.2. The number of aliphatic hydroxyl groups is 2. The number of amides is 2. The first kappa shape index (κ1) is 16.8. The van der Waals surface area contributed by atoms with E-state index < -0.39 is 11.9 Å². The first-order valence-corrected chi connectivity index (χ1v) is 7.12. The summed E-state index contributed by atoms with van der Waals surface area (Å²) in [6, 6.07) is 8.49. The summed E-state index contributed by atoms with van der Waals surface area (Å²) in [4.78, 5) is 11.2. The van der Waals surface area contributed by atoms with Gasteiger partial charge in [0, 0.05) is 5.92 Å². The molecule has 23 heavy (non-hydrogen) atoms. The topological polar surface area (TPSA) is 123 Å². The molecule has 1 aromatic carbocycles. The van der Waals surface area contributed by atoms with Gasteiger partial charge in [0.15, 0.2) is 0 Å². The molecule has 0 aliphatic heterocycles. The van der Waals surface area contributed by atoms with Gasteiger partial charge in [-0.25, -0.2) is 9.48 Å². The number of nitrogens with one attached hydrogen (secondary N) is 1. The molecule has 0 bridgehead atoms. The number of primary amides is 1. The number of anilines is 1. The highest BCUT2D eigenvalue weighted by Crippen LogP contribution is 2.28. The SMILES string of the molecule is Cc1c(OCC(CO)CO)nn(-c2ccccc2)c1NC(N)=O. The molecule has 0 atom stereocenters. The Labute approximate surface area is 133 Å². The maximum Gasteiger partial charge on any atom is 0.317 e. The summed E-state index contributed by atoms with van der Waals surface area (Å²) in [6.45, 7) is 1.46. The molecule has 0 radical (unpaired) electrons. The normalized spacial score (nSPS) is 10.8. The van der Waals surface area contributed by atoms with Crippen LogP contribution in [-0.2, 0) is 0 Å². The molecular formula is C15H20N4O4. The lowest BCUT2D eigenvalue weighted by molar-refractivity contribution is 0.104. The molecule has 0 aliphatic carbocycles. The fourth-order valence-corrected chi connectivity index (χ4v) is 1.99. The van der Waals surface area contributed by atoms with Crippen LogP contribution < -0.4 is 15.8 Å². The third kappa shape index (κ3) is 3.99. The highest BCUT2D eigenvalue weighted by Gasteiger charge is 2.19. The standard InChI is InChI=1S/C15H20N4O4/c1-10-13(17-15(16)22)19(12-5-3-2-4-6-12)18-14(10)23-9-11(7-20)8-21/h2-6,11,20-21H,7-9H2,1H3,(H3,16,17,22). The van der Waals surface area contributed by atoms with E-state index in [2.05, 4.69) is 10.4 Å². The Kier molecular flexibility index (Phi) is 5.56. The van der Waals surface area contributed by atoms with E-state index in [4.69, 9.17) is 20.7 Å². The molecule has 2 rings (SSSR count). The smallest absolute Gasteiger partial charge is 0.317 e. The van der Waals surface area contributed by atoms with Gasteiger partial charge in [-0.3, -0.25) is 5.32 Å². The number of aromatic nitrogens is 2. The molecule has 0 saturated carbocycles. The molecule has 1 heterocycles. The first-order valence-electron chi connectivity index (χ1n) is 7.12. The van der Waals surface area contributed by atoms with Crippen molar-refractivity contribution in [2.45, 2.75) is 6.92 Å². The molecule has 2 amide bonds. The quantitative estimate of drug-likeness (QED) is 0.596. The lowest BCUT2D eigenvalue weighted by Gasteiger charge is -2.11. The van der Waals surface area contributed by atoms with E-state index in [0.29, 0.717) is 17.3 Å². The van der Waals surface area contributed by atoms with Crippen molar-refractivity contribution in [3.63, 3.8) is 0 Å². The van der Waals surface area contributed by atoms with Gasteiger partial charge in [0.25, 0.3) is 0 Å². The molecule has 8 heteroatoms. The number of carbonyl (C=O) groups excluding carboxylic acids is 1. The molecule has 0 unspecified atom stereocenters. The molecule has 124 valence electrons. The Bertz CT molecular complexity index is 653. The Morgan fingerprint density at radius 3 is 2.57 bits per heavy atom. The number of hydrogen-bond donors (Lipinski definition) is 4. The second-order valence-electron chi connectivity index (χ2n) is 5.06. The summed E-state index contributed by atoms with van der Waals surface area (Å²) in [5.74, 6) is 0.302. The van der Waals surface area contributed by atoms with Crippen molar-refractivity contribution >= 4 is 11.8 Å². The number of aliphatic hydroxyl groups excluding tert-OH is 2. The number of carbonyl (C=O) groups is 1. The van der Waals surface area contributed by atoms with Crippen LogP contribution in [0.15, 0.2) is 30.3 Å². The van der Waals surface area contributed by atoms with Crippen molar-refractivity contribution in [2.75, 3.05) is 25.1 Å². The zero-order valence-electron chi connectivity index (χ0n) is 12.8. The van der Waals surface area contributed by atoms with Gasteiger partial charge < -0.3 is 20.7 Å². The van der Waals surface area contributed by atoms with Gasteiger partial charge in [0.05, 0.1) is 31.1 Å². The van der Waals surface area contributed by atoms with E-state index in [1.807, 2.05) is 30.3 Å². The van der Waals surface area contributed by atoms with Gasteiger partial charge in [-0.1, -0.05) is 18.2 Å². The average Bonchev–Trinajstić information content (AvgIpc) is 2.85. The van der Waals surface area contributed by atoms with Crippen LogP contribution >= 0.6 is 0 Å². The fourth-order valence-electron chi connectivity index (χ4n) is 1.99. The van der Waals surface area contributed by atoms with Crippen molar-refractivity contribution in [2.24, 2.45) is 11.7 Å². The Balaban J connectivity index is 2.34. The number of ether oxygens (including phenoxy) is 1. The minimum Gasteiger partial charge on any atom is -0.476 e. The van der Waals surface area contributed by atoms with Crippen molar-refractivity contribution in [1.29, 1.82) is 0 Å². The fraction of sp³-hybridized carbons (Fsp3) is 0.333. The summed E-state index contributed by atoms with van der Waals surface area (Å²) in [5, 5.41) is 25.1. The van der Waals surface area contributed by atoms with Gasteiger partial charge in [0.1, 0.15) is 5.82 Å². The van der Waals surface area contributed by atoms with Crippen LogP contribution in [0.3, 0.4) is 0 Å². The number of nitrogens with two attached hydrogens (primary N) is 1. The monoisotopic (exact) mass is 320 g/mol. The van der Waals surface area contributed by atoms with Crippen LogP contribution in [0.25, 0.3) is 5.69 Å². The number of urea groups is 1. The van der Waals surface area contributed by atoms with Gasteiger partial charge >= 0.3 is 6.03 Å². The molecule has 2 aromatic rings. The molecule has 5 N–H and O–H groups in total. The zero-order valence-corrected chi connectivity index (χ0v) is 12.8. The van der Waals surface area contributed by atoms with Gasteiger partial charge in [-0.05, 0) is 19.1 Å². The Morgan fingerprint density at radius 1 is 1.35 bits per heavy atom. The molecule has 0 fully saturated rings. The van der Waals surface area contributed by atoms with E-state index in [-0.39, 0.29) is 19.8 Å². The summed E-state index contributed by atoms with van der Waals surface area (Å²) >= 11 is 0. The van der Waals surface area contributed by atoms with Gasteiger partial charge in [-0.15, -0.1) is 5.10 Å². The minimum absolute atomic E-state index is 0.107. The second-order valence-corrected chi connectivity index (χ2v) is 5.06. The highest BCUT2D eigenvalue weighted by atomic mass is 16.5. The van der Waals surface area contributed by atoms with Crippen LogP contribution in [-0.4, -0.2) is 45.8 Å². The van der Waals surface area contributed by atoms with Crippen molar-refractivity contribution in [3.8, 4) is 11.6 Å². The van der Waals surface area contributed by atoms with Crippen LogP contribution in [0.5, 0.6) is 5.88 Å². The average molecular weight is 320 g/mol. The highest BCUT2D eigenvalue weighted by molar-refractivity contribution is 5.88. The van der Waals surface area contributed by atoms with E-state index in [1.165, 1.54) is 4.68 Å². The third-order valence-corrected chi connectivity index (χ3v) is 3.29. The largest absolute Gasteiger partial charge is 0.476 e. The lowest BCUT2D eigenvalue weighted by Crippen LogP contribution is -2.21. The summed E-state index contributed by atoms with van der Waals surface area (Å²) < 4.78 is 7.08. The van der Waals surface area contributed by atoms with E-state index >= 15 is 0 Å². The van der Waals surface area contributed by atoms with Crippen LogP contribution in [0.4, 0.5) is 10.6 Å². The van der Waals surface area contributed by atoms with Crippen molar-refractivity contribution in [3.05, 3.63) is 35.9 Å². The third-order valence-electron chi connectivity index (χ3n) is 3.29. The van der Waals surface area contributed by atoms with E-state index in [0.717, 1.165) is 5.69 Å². The number of hydrogen-bond acceptors (Lipinski definition) is 5. The van der Waals surface area contributed by atoms with Crippen LogP contribution in [0.2, 0.25) is 0 Å². The van der Waals surface area contributed by atoms with E-state index in [9.17, 15) is 4.79 Å². The molecule has 0 saturated heterocycles. The van der Waals surface area contributed by atoms with Gasteiger partial charge in [0.2, 0.25) is 5.88 Å². The van der Waals surface area contributed by atoms with Crippen molar-refractivity contribution < 1.29 is 19.7 Å². The van der Waals surface area contributed by atoms with E-state index in [1.54, 1.807) is 6.92 Å². The molecule has 0 spiro atoms. The molecule has 8 nitrogen and oxygen atoms in total. The number of para-hydroxylation sites is 1.